The molecular formula is C14H26N2O. The van der Waals surface area contributed by atoms with Gasteiger partial charge in [-0.1, -0.05) is 13.3 Å². The van der Waals surface area contributed by atoms with Crippen LogP contribution in [0.1, 0.15) is 52.4 Å². The van der Waals surface area contributed by atoms with Crippen LogP contribution in [0.4, 0.5) is 0 Å². The van der Waals surface area contributed by atoms with Gasteiger partial charge in [0.25, 0.3) is 0 Å². The van der Waals surface area contributed by atoms with Crippen LogP contribution in [0.15, 0.2) is 0 Å². The Balaban J connectivity index is 1.85. The largest absolute Gasteiger partial charge is 0.340 e. The first-order valence-corrected chi connectivity index (χ1v) is 7.19. The highest BCUT2D eigenvalue weighted by molar-refractivity contribution is 5.77. The standard InChI is InChI=1S/C14H26N2O/c1-11-6-7-12(2)16(10-11)14(17)9-13-5-3-4-8-15-13/h11-13,15H,3-10H2,1-2H3. The first-order chi connectivity index (χ1) is 8.16. The summed E-state index contributed by atoms with van der Waals surface area (Å²) >= 11 is 0. The molecule has 2 rings (SSSR count). The molecule has 0 radical (unpaired) electrons. The smallest absolute Gasteiger partial charge is 0.224 e. The summed E-state index contributed by atoms with van der Waals surface area (Å²) in [6.45, 7) is 6.50. The lowest BCUT2D eigenvalue weighted by Gasteiger charge is -2.38. The summed E-state index contributed by atoms with van der Waals surface area (Å²) in [6, 6.07) is 0.878. The van der Waals surface area contributed by atoms with Gasteiger partial charge in [0.05, 0.1) is 0 Å². The maximum Gasteiger partial charge on any atom is 0.224 e. The molecule has 3 heteroatoms. The Morgan fingerprint density at radius 1 is 1.24 bits per heavy atom. The molecule has 3 atom stereocenters. The molecule has 0 saturated carbocycles. The number of hydrogen-bond donors (Lipinski definition) is 1. The van der Waals surface area contributed by atoms with Crippen molar-refractivity contribution >= 4 is 5.91 Å². The average molecular weight is 238 g/mol. The molecule has 98 valence electrons. The minimum absolute atomic E-state index is 0.364. The summed E-state index contributed by atoms with van der Waals surface area (Å²) in [4.78, 5) is 14.4. The molecule has 0 aliphatic carbocycles. The SMILES string of the molecule is CC1CCC(C)N(C(=O)CC2CCCCN2)C1. The first-order valence-electron chi connectivity index (χ1n) is 7.19. The van der Waals surface area contributed by atoms with Crippen molar-refractivity contribution in [3.8, 4) is 0 Å². The van der Waals surface area contributed by atoms with Crippen LogP contribution in [0.25, 0.3) is 0 Å². The molecule has 2 aliphatic heterocycles. The number of hydrogen-bond acceptors (Lipinski definition) is 2. The second kappa shape index (κ2) is 5.85. The zero-order valence-corrected chi connectivity index (χ0v) is 11.2. The van der Waals surface area contributed by atoms with Gasteiger partial charge >= 0.3 is 0 Å². The molecule has 3 nitrogen and oxygen atoms in total. The van der Waals surface area contributed by atoms with Gasteiger partial charge in [-0.15, -0.1) is 0 Å². The van der Waals surface area contributed by atoms with Crippen LogP contribution in [0, 0.1) is 5.92 Å². The van der Waals surface area contributed by atoms with Gasteiger partial charge in [-0.05, 0) is 45.1 Å². The van der Waals surface area contributed by atoms with Gasteiger partial charge in [0.15, 0.2) is 0 Å². The molecule has 1 N–H and O–H groups in total. The second-order valence-corrected chi connectivity index (χ2v) is 5.93. The topological polar surface area (TPSA) is 32.3 Å². The number of piperidine rings is 2. The molecule has 0 aromatic heterocycles. The van der Waals surface area contributed by atoms with E-state index >= 15 is 0 Å². The molecule has 3 unspecified atom stereocenters. The van der Waals surface area contributed by atoms with Crippen LogP contribution in [0.3, 0.4) is 0 Å². The Labute approximate surface area is 105 Å². The quantitative estimate of drug-likeness (QED) is 0.799. The van der Waals surface area contributed by atoms with Crippen LogP contribution < -0.4 is 5.32 Å². The number of carbonyl (C=O) groups excluding carboxylic acids is 1. The van der Waals surface area contributed by atoms with E-state index in [1.807, 2.05) is 0 Å². The number of likely N-dealkylation sites (tertiary alicyclic amines) is 1. The van der Waals surface area contributed by atoms with Crippen LogP contribution in [-0.2, 0) is 4.79 Å². The molecule has 2 heterocycles. The summed E-state index contributed by atoms with van der Waals surface area (Å²) in [5, 5.41) is 3.47. The Morgan fingerprint density at radius 2 is 2.06 bits per heavy atom. The van der Waals surface area contributed by atoms with Crippen molar-refractivity contribution in [3.05, 3.63) is 0 Å². The fraction of sp³-hybridized carbons (Fsp3) is 0.929. The molecule has 2 aliphatic rings. The Hall–Kier alpha value is -0.570. The van der Waals surface area contributed by atoms with Crippen molar-refractivity contribution in [1.82, 2.24) is 10.2 Å². The number of carbonyl (C=O) groups is 1. The predicted octanol–water partition coefficient (Wildman–Crippen LogP) is 2.17. The third kappa shape index (κ3) is 3.44. The molecule has 2 saturated heterocycles. The third-order valence-electron chi connectivity index (χ3n) is 4.27. The monoisotopic (exact) mass is 238 g/mol. The molecular weight excluding hydrogens is 212 g/mol. The zero-order valence-electron chi connectivity index (χ0n) is 11.2. The number of nitrogens with zero attached hydrogens (tertiary/aromatic N) is 1. The van der Waals surface area contributed by atoms with Crippen molar-refractivity contribution in [1.29, 1.82) is 0 Å². The Bertz CT molecular complexity index is 261. The van der Waals surface area contributed by atoms with Crippen molar-refractivity contribution in [2.45, 2.75) is 64.5 Å². The van der Waals surface area contributed by atoms with Crippen molar-refractivity contribution in [3.63, 3.8) is 0 Å². The number of rotatable bonds is 2. The summed E-state index contributed by atoms with van der Waals surface area (Å²) in [5.74, 6) is 1.04. The van der Waals surface area contributed by atoms with E-state index in [0.717, 1.165) is 13.1 Å². The van der Waals surface area contributed by atoms with Gasteiger partial charge in [-0.25, -0.2) is 0 Å². The lowest BCUT2D eigenvalue weighted by Crippen LogP contribution is -2.47. The van der Waals surface area contributed by atoms with E-state index in [1.54, 1.807) is 0 Å². The van der Waals surface area contributed by atoms with Gasteiger partial charge in [0, 0.05) is 25.0 Å². The Morgan fingerprint density at radius 3 is 2.76 bits per heavy atom. The normalized spacial score (nSPS) is 34.7. The molecule has 17 heavy (non-hydrogen) atoms. The van der Waals surface area contributed by atoms with Crippen molar-refractivity contribution < 1.29 is 4.79 Å². The summed E-state index contributed by atoms with van der Waals surface area (Å²) in [6.07, 6.45) is 6.86. The lowest BCUT2D eigenvalue weighted by atomic mass is 9.93. The summed E-state index contributed by atoms with van der Waals surface area (Å²) in [7, 11) is 0. The van der Waals surface area contributed by atoms with Gasteiger partial charge in [-0.2, -0.15) is 0 Å². The average Bonchev–Trinajstić information content (AvgIpc) is 2.33. The summed E-state index contributed by atoms with van der Waals surface area (Å²) in [5.41, 5.74) is 0. The van der Waals surface area contributed by atoms with Crippen LogP contribution in [0.2, 0.25) is 0 Å². The molecule has 0 spiro atoms. The maximum atomic E-state index is 12.3. The third-order valence-corrected chi connectivity index (χ3v) is 4.27. The first kappa shape index (κ1) is 12.9. The maximum absolute atomic E-state index is 12.3. The molecule has 0 bridgehead atoms. The van der Waals surface area contributed by atoms with E-state index in [1.165, 1.54) is 32.1 Å². The highest BCUT2D eigenvalue weighted by Gasteiger charge is 2.28. The molecule has 2 fully saturated rings. The van der Waals surface area contributed by atoms with E-state index in [4.69, 9.17) is 0 Å². The van der Waals surface area contributed by atoms with Crippen molar-refractivity contribution in [2.24, 2.45) is 5.92 Å². The van der Waals surface area contributed by atoms with E-state index in [9.17, 15) is 4.79 Å². The predicted molar refractivity (Wildman–Crippen MR) is 69.8 cm³/mol. The van der Waals surface area contributed by atoms with Gasteiger partial charge in [0.2, 0.25) is 5.91 Å². The van der Waals surface area contributed by atoms with Gasteiger partial charge < -0.3 is 10.2 Å². The van der Waals surface area contributed by atoms with E-state index < -0.39 is 0 Å². The van der Waals surface area contributed by atoms with Crippen LogP contribution in [0.5, 0.6) is 0 Å². The number of amides is 1. The fourth-order valence-electron chi connectivity index (χ4n) is 3.06. The van der Waals surface area contributed by atoms with E-state index in [0.29, 0.717) is 30.3 Å². The van der Waals surface area contributed by atoms with Gasteiger partial charge in [-0.3, -0.25) is 4.79 Å². The Kier molecular flexibility index (Phi) is 4.43. The highest BCUT2D eigenvalue weighted by Crippen LogP contribution is 2.23. The molecule has 1 amide bonds. The fourth-order valence-corrected chi connectivity index (χ4v) is 3.06. The minimum atomic E-state index is 0.364. The highest BCUT2D eigenvalue weighted by atomic mass is 16.2. The lowest BCUT2D eigenvalue weighted by molar-refractivity contribution is -0.136. The summed E-state index contributed by atoms with van der Waals surface area (Å²) < 4.78 is 0. The van der Waals surface area contributed by atoms with Crippen molar-refractivity contribution in [2.75, 3.05) is 13.1 Å². The van der Waals surface area contributed by atoms with E-state index in [2.05, 4.69) is 24.1 Å². The van der Waals surface area contributed by atoms with E-state index in [-0.39, 0.29) is 0 Å². The number of nitrogens with one attached hydrogen (secondary N) is 1. The van der Waals surface area contributed by atoms with Crippen LogP contribution >= 0.6 is 0 Å². The second-order valence-electron chi connectivity index (χ2n) is 5.93. The minimum Gasteiger partial charge on any atom is -0.340 e. The molecule has 0 aromatic rings. The van der Waals surface area contributed by atoms with Gasteiger partial charge in [0.1, 0.15) is 0 Å². The molecule has 0 aromatic carbocycles. The van der Waals surface area contributed by atoms with Crippen LogP contribution in [-0.4, -0.2) is 36.0 Å². The zero-order chi connectivity index (χ0) is 12.3.